The molecule has 1 unspecified atom stereocenters. The van der Waals surface area contributed by atoms with Gasteiger partial charge >= 0.3 is 5.97 Å². The largest absolute Gasteiger partial charge is 0.465 e. The summed E-state index contributed by atoms with van der Waals surface area (Å²) in [7, 11) is 0. The minimum atomic E-state index is -0.193. The molecule has 0 spiro atoms. The van der Waals surface area contributed by atoms with Gasteiger partial charge in [0.15, 0.2) is 0 Å². The van der Waals surface area contributed by atoms with E-state index in [1.807, 2.05) is 29.3 Å². The van der Waals surface area contributed by atoms with Crippen LogP contribution in [0, 0.1) is 0 Å². The molecule has 3 rings (SSSR count). The first-order valence-electron chi connectivity index (χ1n) is 7.05. The molecule has 6 nitrogen and oxygen atoms in total. The average molecular weight is 307 g/mol. The van der Waals surface area contributed by atoms with Crippen LogP contribution in [0.4, 0.5) is 0 Å². The number of carbonyl (C=O) groups excluding carboxylic acids is 1. The van der Waals surface area contributed by atoms with E-state index in [4.69, 9.17) is 9.15 Å². The van der Waals surface area contributed by atoms with E-state index in [0.717, 1.165) is 24.3 Å². The van der Waals surface area contributed by atoms with Crippen molar-refractivity contribution in [2.75, 3.05) is 13.2 Å². The van der Waals surface area contributed by atoms with Crippen molar-refractivity contribution in [2.45, 2.75) is 32.4 Å². The number of likely N-dealkylation sites (tertiary alicyclic amines) is 1. The lowest BCUT2D eigenvalue weighted by Gasteiger charge is -2.20. The van der Waals surface area contributed by atoms with Gasteiger partial charge in [-0.05, 0) is 37.8 Å². The van der Waals surface area contributed by atoms with Crippen LogP contribution >= 0.6 is 11.3 Å². The molecule has 2 aromatic heterocycles. The van der Waals surface area contributed by atoms with Gasteiger partial charge in [0.05, 0.1) is 18.0 Å². The van der Waals surface area contributed by atoms with Crippen molar-refractivity contribution in [2.24, 2.45) is 0 Å². The Labute approximate surface area is 126 Å². The van der Waals surface area contributed by atoms with Crippen LogP contribution in [0.25, 0.3) is 10.8 Å². The molecule has 0 bridgehead atoms. The van der Waals surface area contributed by atoms with Gasteiger partial charge in [0.25, 0.3) is 5.89 Å². The molecule has 0 aliphatic carbocycles. The second kappa shape index (κ2) is 6.36. The van der Waals surface area contributed by atoms with Crippen LogP contribution in [0.5, 0.6) is 0 Å². The highest BCUT2D eigenvalue weighted by Gasteiger charge is 2.32. The number of hydrogen-bond acceptors (Lipinski definition) is 7. The lowest BCUT2D eigenvalue weighted by molar-refractivity contribution is -0.148. The van der Waals surface area contributed by atoms with Gasteiger partial charge in [0, 0.05) is 0 Å². The van der Waals surface area contributed by atoms with E-state index in [1.165, 1.54) is 0 Å². The fraction of sp³-hybridized carbons (Fsp3) is 0.500. The number of esters is 1. The summed E-state index contributed by atoms with van der Waals surface area (Å²) < 4.78 is 10.8. The predicted molar refractivity (Wildman–Crippen MR) is 77.7 cm³/mol. The Balaban J connectivity index is 1.67. The summed E-state index contributed by atoms with van der Waals surface area (Å²) in [6.45, 7) is 3.57. The molecule has 0 N–H and O–H groups in total. The Morgan fingerprint density at radius 3 is 3.24 bits per heavy atom. The molecular formula is C14H17N3O3S. The minimum absolute atomic E-state index is 0.159. The molecule has 1 atom stereocenters. The average Bonchev–Trinajstić information content (AvgIpc) is 3.20. The molecule has 3 heterocycles. The number of aromatic nitrogens is 2. The number of hydrogen-bond donors (Lipinski definition) is 0. The molecule has 1 fully saturated rings. The predicted octanol–water partition coefficient (Wildman–Crippen LogP) is 2.33. The first-order chi connectivity index (χ1) is 10.3. The Morgan fingerprint density at radius 1 is 1.57 bits per heavy atom. The molecule has 7 heteroatoms. The smallest absolute Gasteiger partial charge is 0.323 e. The highest BCUT2D eigenvalue weighted by molar-refractivity contribution is 7.13. The van der Waals surface area contributed by atoms with Crippen molar-refractivity contribution in [3.63, 3.8) is 0 Å². The molecule has 21 heavy (non-hydrogen) atoms. The van der Waals surface area contributed by atoms with Crippen LogP contribution in [-0.2, 0) is 16.1 Å². The summed E-state index contributed by atoms with van der Waals surface area (Å²) in [4.78, 5) is 14.9. The Morgan fingerprint density at radius 2 is 2.48 bits per heavy atom. The molecular weight excluding hydrogens is 290 g/mol. The first kappa shape index (κ1) is 14.2. The fourth-order valence-electron chi connectivity index (χ4n) is 2.51. The summed E-state index contributed by atoms with van der Waals surface area (Å²) in [5.74, 6) is 0.912. The number of rotatable bonds is 5. The minimum Gasteiger partial charge on any atom is -0.465 e. The summed E-state index contributed by atoms with van der Waals surface area (Å²) >= 11 is 1.56. The second-order valence-corrected chi connectivity index (χ2v) is 5.81. The van der Waals surface area contributed by atoms with Crippen LogP contribution in [0.1, 0.15) is 25.7 Å². The molecule has 0 amide bonds. The number of ether oxygens (including phenoxy) is 1. The van der Waals surface area contributed by atoms with E-state index >= 15 is 0 Å². The number of thiophene rings is 1. The van der Waals surface area contributed by atoms with Crippen molar-refractivity contribution in [3.8, 4) is 10.8 Å². The first-order valence-corrected chi connectivity index (χ1v) is 7.93. The monoisotopic (exact) mass is 307 g/mol. The maximum Gasteiger partial charge on any atom is 0.323 e. The topological polar surface area (TPSA) is 68.5 Å². The fourth-order valence-corrected chi connectivity index (χ4v) is 3.16. The second-order valence-electron chi connectivity index (χ2n) is 4.86. The van der Waals surface area contributed by atoms with Gasteiger partial charge in [-0.25, -0.2) is 0 Å². The third kappa shape index (κ3) is 3.14. The number of carbonyl (C=O) groups is 1. The maximum absolute atomic E-state index is 11.9. The lowest BCUT2D eigenvalue weighted by Crippen LogP contribution is -2.36. The molecule has 0 aromatic carbocycles. The molecule has 2 aromatic rings. The van der Waals surface area contributed by atoms with Crippen molar-refractivity contribution in [1.29, 1.82) is 0 Å². The Bertz CT molecular complexity index is 596. The zero-order chi connectivity index (χ0) is 14.7. The molecule has 1 saturated heterocycles. The van der Waals surface area contributed by atoms with E-state index in [1.54, 1.807) is 11.3 Å². The van der Waals surface area contributed by atoms with Crippen LogP contribution in [0.15, 0.2) is 21.9 Å². The highest BCUT2D eigenvalue weighted by atomic mass is 32.1. The summed E-state index contributed by atoms with van der Waals surface area (Å²) in [5, 5.41) is 10.1. The van der Waals surface area contributed by atoms with Crippen molar-refractivity contribution < 1.29 is 13.9 Å². The summed E-state index contributed by atoms with van der Waals surface area (Å²) in [6, 6.07) is 3.70. The van der Waals surface area contributed by atoms with Crippen molar-refractivity contribution in [3.05, 3.63) is 23.4 Å². The Hall–Kier alpha value is -1.73. The van der Waals surface area contributed by atoms with Crippen LogP contribution in [-0.4, -0.2) is 40.3 Å². The van der Waals surface area contributed by atoms with E-state index in [9.17, 15) is 4.79 Å². The van der Waals surface area contributed by atoms with Gasteiger partial charge in [-0.3, -0.25) is 9.69 Å². The SMILES string of the molecule is CCOC(=O)C1CCCN1Cc1nnc(-c2cccs2)o1. The normalized spacial score (nSPS) is 19.0. The van der Waals surface area contributed by atoms with E-state index < -0.39 is 0 Å². The maximum atomic E-state index is 11.9. The van der Waals surface area contributed by atoms with Crippen molar-refractivity contribution in [1.82, 2.24) is 15.1 Å². The lowest BCUT2D eigenvalue weighted by atomic mass is 10.2. The molecule has 1 aliphatic heterocycles. The van der Waals surface area contributed by atoms with Gasteiger partial charge in [0.2, 0.25) is 5.89 Å². The van der Waals surface area contributed by atoms with Gasteiger partial charge in [-0.2, -0.15) is 0 Å². The molecule has 1 aliphatic rings. The quantitative estimate of drug-likeness (QED) is 0.790. The highest BCUT2D eigenvalue weighted by Crippen LogP contribution is 2.25. The molecule has 0 radical (unpaired) electrons. The van der Waals surface area contributed by atoms with Crippen molar-refractivity contribution >= 4 is 17.3 Å². The standard InChI is InChI=1S/C14H17N3O3S/c1-2-19-14(18)10-5-3-7-17(10)9-12-15-16-13(20-12)11-6-4-8-21-11/h4,6,8,10H,2-3,5,7,9H2,1H3. The van der Waals surface area contributed by atoms with E-state index in [0.29, 0.717) is 24.9 Å². The zero-order valence-corrected chi connectivity index (χ0v) is 12.6. The third-order valence-electron chi connectivity index (χ3n) is 3.46. The molecule has 0 saturated carbocycles. The van der Waals surface area contributed by atoms with E-state index in [2.05, 4.69) is 10.2 Å². The van der Waals surface area contributed by atoms with Crippen LogP contribution < -0.4 is 0 Å². The summed E-state index contributed by atoms with van der Waals surface area (Å²) in [5.41, 5.74) is 0. The van der Waals surface area contributed by atoms with Gasteiger partial charge in [0.1, 0.15) is 6.04 Å². The van der Waals surface area contributed by atoms with Gasteiger partial charge in [-0.15, -0.1) is 21.5 Å². The van der Waals surface area contributed by atoms with E-state index in [-0.39, 0.29) is 12.0 Å². The molecule has 112 valence electrons. The third-order valence-corrected chi connectivity index (χ3v) is 4.32. The van der Waals surface area contributed by atoms with Gasteiger partial charge in [-0.1, -0.05) is 6.07 Å². The zero-order valence-electron chi connectivity index (χ0n) is 11.8. The van der Waals surface area contributed by atoms with Crippen LogP contribution in [0.2, 0.25) is 0 Å². The van der Waals surface area contributed by atoms with Gasteiger partial charge < -0.3 is 9.15 Å². The Kier molecular flexibility index (Phi) is 4.31. The number of nitrogens with zero attached hydrogens (tertiary/aromatic N) is 3. The summed E-state index contributed by atoms with van der Waals surface area (Å²) in [6.07, 6.45) is 1.81. The van der Waals surface area contributed by atoms with Crippen LogP contribution in [0.3, 0.4) is 0 Å².